The number of likely N-dealkylation sites (tertiary alicyclic amines) is 1. The molecule has 4 rings (SSSR count). The molecule has 2 aliphatic heterocycles. The van der Waals surface area contributed by atoms with Gasteiger partial charge < -0.3 is 24.3 Å². The summed E-state index contributed by atoms with van der Waals surface area (Å²) in [6.45, 7) is 1.81. The fraction of sp³-hybridized carbons (Fsp3) is 0.476. The number of aromatic nitrogens is 2. The second-order valence-electron chi connectivity index (χ2n) is 7.51. The van der Waals surface area contributed by atoms with Crippen LogP contribution in [0.5, 0.6) is 5.75 Å². The number of carbonyl (C=O) groups is 2. The number of benzene rings is 1. The maximum absolute atomic E-state index is 12.9. The number of H-pyrrole nitrogens is 1. The van der Waals surface area contributed by atoms with Crippen molar-refractivity contribution in [2.24, 2.45) is 0 Å². The van der Waals surface area contributed by atoms with E-state index in [0.717, 1.165) is 23.6 Å². The van der Waals surface area contributed by atoms with Gasteiger partial charge >= 0.3 is 0 Å². The highest BCUT2D eigenvalue weighted by Gasteiger charge is 2.49. The highest BCUT2D eigenvalue weighted by Crippen LogP contribution is 2.42. The number of nitrogens with one attached hydrogen (secondary N) is 1. The minimum atomic E-state index is -0.486. The molecule has 0 unspecified atom stereocenters. The summed E-state index contributed by atoms with van der Waals surface area (Å²) < 4.78 is 10.3. The molecule has 0 aliphatic carbocycles. The summed E-state index contributed by atoms with van der Waals surface area (Å²) in [6.07, 6.45) is 3.76. The number of methoxy groups -OCH3 is 2. The molecule has 2 aromatic rings. The average molecular weight is 398 g/mol. The van der Waals surface area contributed by atoms with Gasteiger partial charge in [0.05, 0.1) is 24.7 Å². The fourth-order valence-electron chi connectivity index (χ4n) is 4.55. The van der Waals surface area contributed by atoms with Gasteiger partial charge in [0.25, 0.3) is 5.91 Å². The van der Waals surface area contributed by atoms with Crippen molar-refractivity contribution in [3.05, 3.63) is 47.5 Å². The van der Waals surface area contributed by atoms with E-state index in [4.69, 9.17) is 9.47 Å². The van der Waals surface area contributed by atoms with Crippen LogP contribution in [0.25, 0.3) is 0 Å². The number of hydrogen-bond acceptors (Lipinski definition) is 5. The summed E-state index contributed by atoms with van der Waals surface area (Å²) in [5, 5.41) is 0. The van der Waals surface area contributed by atoms with Crippen molar-refractivity contribution in [1.29, 1.82) is 0 Å². The molecule has 1 saturated heterocycles. The minimum absolute atomic E-state index is 0.00432. The lowest BCUT2D eigenvalue weighted by Crippen LogP contribution is -2.59. The highest BCUT2D eigenvalue weighted by molar-refractivity contribution is 5.94. The van der Waals surface area contributed by atoms with E-state index in [2.05, 4.69) is 9.97 Å². The van der Waals surface area contributed by atoms with E-state index < -0.39 is 5.54 Å². The standard InChI is InChI=1S/C21H26N4O4/c1-28-13-18(26)25-10-7-17-19(23-14-22-17)21(25)8-11-24(12-9-21)20(27)15-3-5-16(29-2)6-4-15/h3-6,14H,7-13H2,1-2H3,(H,22,23). The zero-order chi connectivity index (χ0) is 20.4. The SMILES string of the molecule is COCC(=O)N1CCc2[nH]cnc2C12CCN(C(=O)c1ccc(OC)cc1)CC2. The van der Waals surface area contributed by atoms with Gasteiger partial charge in [0, 0.05) is 44.4 Å². The fourth-order valence-corrected chi connectivity index (χ4v) is 4.55. The molecule has 1 fully saturated rings. The highest BCUT2D eigenvalue weighted by atomic mass is 16.5. The predicted octanol–water partition coefficient (Wildman–Crippen LogP) is 1.58. The molecule has 1 aromatic heterocycles. The Labute approximate surface area is 169 Å². The van der Waals surface area contributed by atoms with Crippen molar-refractivity contribution in [1.82, 2.24) is 19.8 Å². The predicted molar refractivity (Wildman–Crippen MR) is 106 cm³/mol. The molecule has 0 radical (unpaired) electrons. The molecule has 8 heteroatoms. The van der Waals surface area contributed by atoms with Gasteiger partial charge in [0.2, 0.25) is 5.91 Å². The van der Waals surface area contributed by atoms with Crippen LogP contribution in [-0.2, 0) is 21.5 Å². The number of carbonyl (C=O) groups excluding carboxylic acids is 2. The zero-order valence-corrected chi connectivity index (χ0v) is 16.8. The van der Waals surface area contributed by atoms with Crippen LogP contribution in [0.3, 0.4) is 0 Å². The molecule has 0 bridgehead atoms. The van der Waals surface area contributed by atoms with Crippen LogP contribution < -0.4 is 4.74 Å². The van der Waals surface area contributed by atoms with Crippen LogP contribution in [0, 0.1) is 0 Å². The lowest BCUT2D eigenvalue weighted by Gasteiger charge is -2.50. The lowest BCUT2D eigenvalue weighted by atomic mass is 9.78. The molecule has 8 nitrogen and oxygen atoms in total. The number of amides is 2. The van der Waals surface area contributed by atoms with E-state index in [9.17, 15) is 9.59 Å². The number of hydrogen-bond donors (Lipinski definition) is 1. The molecule has 2 amide bonds. The van der Waals surface area contributed by atoms with E-state index in [1.165, 1.54) is 7.11 Å². The summed E-state index contributed by atoms with van der Waals surface area (Å²) in [5.74, 6) is 0.686. The van der Waals surface area contributed by atoms with Crippen LogP contribution in [0.2, 0.25) is 0 Å². The first-order valence-electron chi connectivity index (χ1n) is 9.84. The number of ether oxygens (including phenoxy) is 2. The van der Waals surface area contributed by atoms with Gasteiger partial charge in [-0.15, -0.1) is 0 Å². The van der Waals surface area contributed by atoms with Crippen LogP contribution in [0.15, 0.2) is 30.6 Å². The van der Waals surface area contributed by atoms with Crippen molar-refractivity contribution in [2.45, 2.75) is 24.8 Å². The summed E-state index contributed by atoms with van der Waals surface area (Å²) in [4.78, 5) is 37.3. The Bertz CT molecular complexity index is 884. The monoisotopic (exact) mass is 398 g/mol. The lowest BCUT2D eigenvalue weighted by molar-refractivity contribution is -0.145. The van der Waals surface area contributed by atoms with Crippen molar-refractivity contribution < 1.29 is 19.1 Å². The maximum Gasteiger partial charge on any atom is 0.253 e. The molecule has 0 saturated carbocycles. The third-order valence-electron chi connectivity index (χ3n) is 6.04. The third kappa shape index (κ3) is 3.37. The molecule has 2 aliphatic rings. The Morgan fingerprint density at radius 3 is 2.52 bits per heavy atom. The van der Waals surface area contributed by atoms with Gasteiger partial charge in [-0.2, -0.15) is 0 Å². The van der Waals surface area contributed by atoms with E-state index >= 15 is 0 Å². The first-order chi connectivity index (χ1) is 14.1. The third-order valence-corrected chi connectivity index (χ3v) is 6.04. The Morgan fingerprint density at radius 1 is 1.14 bits per heavy atom. The van der Waals surface area contributed by atoms with Crippen LogP contribution in [-0.4, -0.2) is 72.0 Å². The van der Waals surface area contributed by atoms with Crippen molar-refractivity contribution >= 4 is 11.8 Å². The van der Waals surface area contributed by atoms with Crippen molar-refractivity contribution in [2.75, 3.05) is 40.5 Å². The van der Waals surface area contributed by atoms with E-state index in [0.29, 0.717) is 38.0 Å². The van der Waals surface area contributed by atoms with Gasteiger partial charge in [0.1, 0.15) is 12.4 Å². The minimum Gasteiger partial charge on any atom is -0.497 e. The zero-order valence-electron chi connectivity index (χ0n) is 16.8. The molecule has 3 heterocycles. The van der Waals surface area contributed by atoms with Gasteiger partial charge in [-0.05, 0) is 37.1 Å². The van der Waals surface area contributed by atoms with Gasteiger partial charge in [-0.3, -0.25) is 9.59 Å². The van der Waals surface area contributed by atoms with E-state index in [1.54, 1.807) is 37.7 Å². The quantitative estimate of drug-likeness (QED) is 0.845. The molecule has 1 aromatic carbocycles. The van der Waals surface area contributed by atoms with Crippen LogP contribution in [0.1, 0.15) is 34.6 Å². The van der Waals surface area contributed by atoms with Crippen LogP contribution in [0.4, 0.5) is 0 Å². The first-order valence-corrected chi connectivity index (χ1v) is 9.84. The molecule has 1 spiro atoms. The molecular weight excluding hydrogens is 372 g/mol. The second-order valence-corrected chi connectivity index (χ2v) is 7.51. The molecule has 29 heavy (non-hydrogen) atoms. The number of fused-ring (bicyclic) bond motifs is 2. The molecule has 154 valence electrons. The van der Waals surface area contributed by atoms with Gasteiger partial charge in [-0.1, -0.05) is 0 Å². The summed E-state index contributed by atoms with van der Waals surface area (Å²) >= 11 is 0. The normalized spacial score (nSPS) is 17.9. The van der Waals surface area contributed by atoms with Crippen molar-refractivity contribution in [3.8, 4) is 5.75 Å². The van der Waals surface area contributed by atoms with Gasteiger partial charge in [0.15, 0.2) is 0 Å². The molecule has 1 N–H and O–H groups in total. The topological polar surface area (TPSA) is 87.8 Å². The van der Waals surface area contributed by atoms with E-state index in [-0.39, 0.29) is 18.4 Å². The largest absolute Gasteiger partial charge is 0.497 e. The average Bonchev–Trinajstić information content (AvgIpc) is 3.24. The smallest absolute Gasteiger partial charge is 0.253 e. The summed E-state index contributed by atoms with van der Waals surface area (Å²) in [6, 6.07) is 7.15. The first kappa shape index (κ1) is 19.4. The summed E-state index contributed by atoms with van der Waals surface area (Å²) in [5.41, 5.74) is 2.17. The Kier molecular flexibility index (Phi) is 5.27. The number of piperidine rings is 1. The van der Waals surface area contributed by atoms with Gasteiger partial charge in [-0.25, -0.2) is 4.98 Å². The second kappa shape index (κ2) is 7.87. The molecular formula is C21H26N4O4. The number of imidazole rings is 1. The Morgan fingerprint density at radius 2 is 1.86 bits per heavy atom. The number of aromatic amines is 1. The van der Waals surface area contributed by atoms with E-state index in [1.807, 2.05) is 9.80 Å². The number of rotatable bonds is 4. The maximum atomic E-state index is 12.9. The molecule has 0 atom stereocenters. The van der Waals surface area contributed by atoms with Crippen molar-refractivity contribution in [3.63, 3.8) is 0 Å². The Balaban J connectivity index is 1.55. The summed E-state index contributed by atoms with van der Waals surface area (Å²) in [7, 11) is 3.13. The number of nitrogens with zero attached hydrogens (tertiary/aromatic N) is 3. The van der Waals surface area contributed by atoms with Crippen LogP contribution >= 0.6 is 0 Å². The Hall–Kier alpha value is -2.87.